The number of aliphatic hydroxyl groups is 5. The van der Waals surface area contributed by atoms with Gasteiger partial charge in [-0.3, -0.25) is 4.79 Å². The van der Waals surface area contributed by atoms with E-state index in [2.05, 4.69) is 5.32 Å². The summed E-state index contributed by atoms with van der Waals surface area (Å²) in [5.74, 6) is -0.224. The van der Waals surface area contributed by atoms with E-state index in [9.17, 15) is 30.3 Å². The number of hydrogen-bond acceptors (Lipinski definition) is 7. The molecular formula is C21H24ClNO7. The third-order valence-corrected chi connectivity index (χ3v) is 5.57. The largest absolute Gasteiger partial charge is 0.394 e. The van der Waals surface area contributed by atoms with E-state index < -0.39 is 43.2 Å². The highest BCUT2D eigenvalue weighted by molar-refractivity contribution is 6.31. The minimum absolute atomic E-state index is 0.183. The molecule has 6 atom stereocenters. The number of amides is 1. The average Bonchev–Trinajstić information content (AvgIpc) is 2.76. The Morgan fingerprint density at radius 2 is 1.80 bits per heavy atom. The second-order valence-electron chi connectivity index (χ2n) is 7.13. The van der Waals surface area contributed by atoms with Crippen LogP contribution in [0.1, 0.15) is 22.0 Å². The fourth-order valence-corrected chi connectivity index (χ4v) is 3.79. The van der Waals surface area contributed by atoms with Crippen molar-refractivity contribution in [1.29, 1.82) is 0 Å². The number of halogens is 1. The molecule has 0 saturated carbocycles. The van der Waals surface area contributed by atoms with Crippen LogP contribution in [0.15, 0.2) is 42.5 Å². The van der Waals surface area contributed by atoms with Crippen molar-refractivity contribution in [3.63, 3.8) is 0 Å². The van der Waals surface area contributed by atoms with Gasteiger partial charge >= 0.3 is 0 Å². The first-order valence-corrected chi connectivity index (χ1v) is 9.76. The maximum Gasteiger partial charge on any atom is 0.251 e. The van der Waals surface area contributed by atoms with Crippen LogP contribution in [-0.2, 0) is 4.74 Å². The first-order valence-electron chi connectivity index (χ1n) is 9.39. The average molecular weight is 438 g/mol. The minimum atomic E-state index is -1.60. The van der Waals surface area contributed by atoms with Crippen LogP contribution in [0.3, 0.4) is 0 Å². The summed E-state index contributed by atoms with van der Waals surface area (Å²) in [7, 11) is 1.54. The summed E-state index contributed by atoms with van der Waals surface area (Å²) in [5, 5.41) is 52.9. The Labute approximate surface area is 178 Å². The Bertz CT molecular complexity index is 907. The summed E-state index contributed by atoms with van der Waals surface area (Å²) in [6.07, 6.45) is -8.55. The molecule has 1 saturated heterocycles. The van der Waals surface area contributed by atoms with Crippen LogP contribution in [0, 0.1) is 0 Å². The zero-order chi connectivity index (χ0) is 22.0. The van der Waals surface area contributed by atoms with Gasteiger partial charge in [-0.1, -0.05) is 35.9 Å². The van der Waals surface area contributed by atoms with Gasteiger partial charge in [0.15, 0.2) is 0 Å². The number of aliphatic hydroxyl groups excluding tert-OH is 5. The molecule has 6 N–H and O–H groups in total. The molecule has 3 rings (SSSR count). The summed E-state index contributed by atoms with van der Waals surface area (Å²) >= 11 is 6.37. The van der Waals surface area contributed by atoms with Crippen molar-refractivity contribution in [3.8, 4) is 11.1 Å². The molecule has 1 aliphatic rings. The number of benzene rings is 2. The van der Waals surface area contributed by atoms with E-state index in [0.29, 0.717) is 11.1 Å². The van der Waals surface area contributed by atoms with Crippen molar-refractivity contribution in [2.24, 2.45) is 0 Å². The van der Waals surface area contributed by atoms with E-state index in [-0.39, 0.29) is 16.5 Å². The van der Waals surface area contributed by atoms with Crippen LogP contribution in [-0.4, -0.2) is 75.6 Å². The fraction of sp³-hybridized carbons (Fsp3) is 0.381. The minimum Gasteiger partial charge on any atom is -0.394 e. The molecule has 0 radical (unpaired) electrons. The second kappa shape index (κ2) is 9.40. The standard InChI is InChI=1S/C21H24ClNO7/c1-23-21(29)12-4-2-3-10(7-12)11-5-6-13(14(22)8-11)16(25)20-19(28)18(27)17(26)15(9-24)30-20/h2-8,15-20,24-28H,9H2,1H3,(H,23,29)/t15-,16-,17-,18+,19+,20-/m1/s1. The molecule has 0 spiro atoms. The fourth-order valence-electron chi connectivity index (χ4n) is 3.50. The maximum atomic E-state index is 11.9. The normalized spacial score (nSPS) is 27.5. The lowest BCUT2D eigenvalue weighted by Crippen LogP contribution is -2.59. The van der Waals surface area contributed by atoms with Crippen LogP contribution >= 0.6 is 11.6 Å². The summed E-state index contributed by atoms with van der Waals surface area (Å²) in [6, 6.07) is 11.8. The van der Waals surface area contributed by atoms with E-state index in [4.69, 9.17) is 16.3 Å². The molecule has 8 nitrogen and oxygen atoms in total. The Morgan fingerprint density at radius 1 is 1.10 bits per heavy atom. The van der Waals surface area contributed by atoms with Gasteiger partial charge in [0.1, 0.15) is 36.6 Å². The molecular weight excluding hydrogens is 414 g/mol. The maximum absolute atomic E-state index is 11.9. The number of rotatable bonds is 5. The predicted molar refractivity (Wildman–Crippen MR) is 109 cm³/mol. The van der Waals surface area contributed by atoms with Crippen molar-refractivity contribution in [2.45, 2.75) is 36.6 Å². The van der Waals surface area contributed by atoms with Crippen LogP contribution < -0.4 is 5.32 Å². The highest BCUT2D eigenvalue weighted by Crippen LogP contribution is 2.35. The van der Waals surface area contributed by atoms with E-state index in [1.54, 1.807) is 43.4 Å². The molecule has 1 amide bonds. The molecule has 0 bridgehead atoms. The van der Waals surface area contributed by atoms with Gasteiger partial charge in [0.25, 0.3) is 5.91 Å². The number of carbonyl (C=O) groups is 1. The molecule has 9 heteroatoms. The van der Waals surface area contributed by atoms with Crippen molar-refractivity contribution in [2.75, 3.05) is 13.7 Å². The third-order valence-electron chi connectivity index (χ3n) is 5.24. The molecule has 2 aromatic carbocycles. The van der Waals surface area contributed by atoms with E-state index >= 15 is 0 Å². The van der Waals surface area contributed by atoms with Crippen LogP contribution in [0.25, 0.3) is 11.1 Å². The monoisotopic (exact) mass is 437 g/mol. The second-order valence-corrected chi connectivity index (χ2v) is 7.54. The third kappa shape index (κ3) is 4.35. The summed E-state index contributed by atoms with van der Waals surface area (Å²) < 4.78 is 5.41. The zero-order valence-electron chi connectivity index (χ0n) is 16.1. The quantitative estimate of drug-likeness (QED) is 0.394. The highest BCUT2D eigenvalue weighted by atomic mass is 35.5. The lowest BCUT2D eigenvalue weighted by molar-refractivity contribution is -0.250. The van der Waals surface area contributed by atoms with Gasteiger partial charge in [-0.25, -0.2) is 0 Å². The van der Waals surface area contributed by atoms with Gasteiger partial charge in [0.2, 0.25) is 0 Å². The van der Waals surface area contributed by atoms with Crippen LogP contribution in [0.5, 0.6) is 0 Å². The van der Waals surface area contributed by atoms with Gasteiger partial charge in [-0.15, -0.1) is 0 Å². The van der Waals surface area contributed by atoms with Gasteiger partial charge < -0.3 is 35.6 Å². The first-order chi connectivity index (χ1) is 14.3. The summed E-state index contributed by atoms with van der Waals surface area (Å²) in [4.78, 5) is 11.9. The number of ether oxygens (including phenoxy) is 1. The molecule has 0 aromatic heterocycles. The molecule has 2 aromatic rings. The first kappa shape index (κ1) is 22.6. The SMILES string of the molecule is CNC(=O)c1cccc(-c2ccc([C@@H](O)[C@H]3O[C@H](CO)[C@@H](O)[C@H](O)[C@@H]3O)c(Cl)c2)c1. The Morgan fingerprint density at radius 3 is 2.43 bits per heavy atom. The number of nitrogens with one attached hydrogen (secondary N) is 1. The number of carbonyl (C=O) groups excluding carboxylic acids is 1. The Kier molecular flexibility index (Phi) is 7.10. The van der Waals surface area contributed by atoms with E-state index in [1.165, 1.54) is 0 Å². The lowest BCUT2D eigenvalue weighted by Gasteiger charge is -2.42. The summed E-state index contributed by atoms with van der Waals surface area (Å²) in [6.45, 7) is -0.595. The zero-order valence-corrected chi connectivity index (χ0v) is 16.9. The van der Waals surface area contributed by atoms with Gasteiger partial charge in [0, 0.05) is 23.2 Å². The van der Waals surface area contributed by atoms with Crippen molar-refractivity contribution in [1.82, 2.24) is 5.32 Å². The van der Waals surface area contributed by atoms with Gasteiger partial charge in [-0.2, -0.15) is 0 Å². The lowest BCUT2D eigenvalue weighted by atomic mass is 9.89. The molecule has 1 heterocycles. The Balaban J connectivity index is 1.87. The van der Waals surface area contributed by atoms with Crippen LogP contribution in [0.4, 0.5) is 0 Å². The molecule has 1 fully saturated rings. The molecule has 30 heavy (non-hydrogen) atoms. The van der Waals surface area contributed by atoms with Crippen molar-refractivity contribution < 1.29 is 35.1 Å². The van der Waals surface area contributed by atoms with Gasteiger partial charge in [0.05, 0.1) is 6.61 Å². The van der Waals surface area contributed by atoms with Crippen molar-refractivity contribution in [3.05, 3.63) is 58.6 Å². The summed E-state index contributed by atoms with van der Waals surface area (Å²) in [5.41, 5.74) is 2.17. The molecule has 162 valence electrons. The van der Waals surface area contributed by atoms with Crippen molar-refractivity contribution >= 4 is 17.5 Å². The molecule has 0 aliphatic carbocycles. The smallest absolute Gasteiger partial charge is 0.251 e. The van der Waals surface area contributed by atoms with E-state index in [1.807, 2.05) is 6.07 Å². The van der Waals surface area contributed by atoms with Gasteiger partial charge in [-0.05, 0) is 29.3 Å². The van der Waals surface area contributed by atoms with E-state index in [0.717, 1.165) is 5.56 Å². The number of hydrogen-bond donors (Lipinski definition) is 6. The molecule has 0 unspecified atom stereocenters. The van der Waals surface area contributed by atoms with Crippen LogP contribution in [0.2, 0.25) is 5.02 Å². The topological polar surface area (TPSA) is 139 Å². The predicted octanol–water partition coefficient (Wildman–Crippen LogP) is 0.242. The highest BCUT2D eigenvalue weighted by Gasteiger charge is 2.46. The molecule has 1 aliphatic heterocycles. The Hall–Kier alpha value is -2.04.